The number of rotatable bonds is 1. The van der Waals surface area contributed by atoms with E-state index in [1.807, 2.05) is 0 Å². The Morgan fingerprint density at radius 1 is 1.31 bits per heavy atom. The first-order valence-electron chi connectivity index (χ1n) is 3.70. The van der Waals surface area contributed by atoms with Crippen LogP contribution in [0.5, 0.6) is 0 Å². The van der Waals surface area contributed by atoms with Gasteiger partial charge < -0.3 is 11.5 Å². The number of guanidine groups is 1. The summed E-state index contributed by atoms with van der Waals surface area (Å²) in [4.78, 5) is 11.3. The van der Waals surface area contributed by atoms with Crippen molar-refractivity contribution in [3.63, 3.8) is 0 Å². The molecule has 0 saturated carbocycles. The Labute approximate surface area is 110 Å². The average molecular weight is 286 g/mol. The number of nitrogens with two attached hydrogens (primary N) is 2. The number of nitrogen functional groups attached to an aromatic ring is 1. The summed E-state index contributed by atoms with van der Waals surface area (Å²) in [5.41, 5.74) is 11.1. The van der Waals surface area contributed by atoms with E-state index in [4.69, 9.17) is 28.5 Å². The summed E-state index contributed by atoms with van der Waals surface area (Å²) in [7, 11) is 0. The third kappa shape index (κ3) is 5.06. The molecule has 0 spiro atoms. The Balaban J connectivity index is 0. The molecule has 5 nitrogen and oxygen atoms in total. The maximum atomic E-state index is 11.3. The maximum Gasteiger partial charge on any atom is 0.258 e. The van der Waals surface area contributed by atoms with E-state index in [1.54, 1.807) is 0 Å². The molecule has 0 aromatic heterocycles. The number of nitrogens with one attached hydrogen (secondary N) is 2. The fourth-order valence-corrected chi connectivity index (χ4v) is 1.18. The predicted molar refractivity (Wildman–Crippen MR) is 69.7 cm³/mol. The number of amides is 1. The Bertz CT molecular complexity index is 377. The number of halogens is 3. The first-order chi connectivity index (χ1) is 6.49. The van der Waals surface area contributed by atoms with Crippen LogP contribution in [-0.2, 0) is 0 Å². The van der Waals surface area contributed by atoms with Crippen molar-refractivity contribution in [3.8, 4) is 0 Å². The highest BCUT2D eigenvalue weighted by atomic mass is 35.5. The van der Waals surface area contributed by atoms with Crippen LogP contribution in [0.2, 0.25) is 5.02 Å². The standard InChI is InChI=1S/C8H9ClN4O.2ClH/c9-5-1-4(2-6(10)3-5)7(14)13-8(11)12;;/h1-3H,10H2,(H4,11,12,13,14);2*1H. The van der Waals surface area contributed by atoms with Gasteiger partial charge in [0.25, 0.3) is 5.91 Å². The van der Waals surface area contributed by atoms with E-state index in [2.05, 4.69) is 5.32 Å². The van der Waals surface area contributed by atoms with Gasteiger partial charge in [0.2, 0.25) is 0 Å². The zero-order chi connectivity index (χ0) is 10.7. The SMILES string of the molecule is Cl.Cl.N=C(N)NC(=O)c1cc(N)cc(Cl)c1. The van der Waals surface area contributed by atoms with Crippen molar-refractivity contribution >= 4 is 54.0 Å². The molecular weight excluding hydrogens is 274 g/mol. The van der Waals surface area contributed by atoms with Gasteiger partial charge in [-0.05, 0) is 18.2 Å². The summed E-state index contributed by atoms with van der Waals surface area (Å²) in [5, 5.41) is 9.34. The van der Waals surface area contributed by atoms with Crippen LogP contribution in [0.25, 0.3) is 0 Å². The highest BCUT2D eigenvalue weighted by Crippen LogP contribution is 2.16. The van der Waals surface area contributed by atoms with E-state index in [0.29, 0.717) is 10.7 Å². The van der Waals surface area contributed by atoms with Crippen LogP contribution in [0, 0.1) is 5.41 Å². The number of carbonyl (C=O) groups is 1. The second-order valence-corrected chi connectivity index (χ2v) is 3.08. The van der Waals surface area contributed by atoms with Crippen molar-refractivity contribution in [1.82, 2.24) is 5.32 Å². The van der Waals surface area contributed by atoms with Crippen LogP contribution in [0.1, 0.15) is 10.4 Å². The number of benzene rings is 1. The van der Waals surface area contributed by atoms with Gasteiger partial charge in [0.1, 0.15) is 0 Å². The molecule has 6 N–H and O–H groups in total. The lowest BCUT2D eigenvalue weighted by atomic mass is 10.2. The van der Waals surface area contributed by atoms with Gasteiger partial charge in [-0.1, -0.05) is 11.6 Å². The molecule has 1 aromatic carbocycles. The van der Waals surface area contributed by atoms with E-state index in [0.717, 1.165) is 0 Å². The second kappa shape index (κ2) is 7.16. The summed E-state index contributed by atoms with van der Waals surface area (Å²) in [6, 6.07) is 4.41. The van der Waals surface area contributed by atoms with Gasteiger partial charge >= 0.3 is 0 Å². The summed E-state index contributed by atoms with van der Waals surface area (Å²) >= 11 is 5.69. The quantitative estimate of drug-likeness (QED) is 0.356. The van der Waals surface area contributed by atoms with Gasteiger partial charge in [-0.2, -0.15) is 0 Å². The maximum absolute atomic E-state index is 11.3. The molecule has 0 radical (unpaired) electrons. The molecular formula is C8H11Cl3N4O. The highest BCUT2D eigenvalue weighted by Gasteiger charge is 2.07. The number of hydrogen-bond acceptors (Lipinski definition) is 3. The van der Waals surface area contributed by atoms with Crippen molar-refractivity contribution in [2.24, 2.45) is 5.73 Å². The van der Waals surface area contributed by atoms with Crippen LogP contribution in [0.15, 0.2) is 18.2 Å². The number of hydrogen-bond donors (Lipinski definition) is 4. The monoisotopic (exact) mass is 284 g/mol. The third-order valence-corrected chi connectivity index (χ3v) is 1.65. The molecule has 0 aliphatic heterocycles. The normalized spacial score (nSPS) is 8.31. The highest BCUT2D eigenvalue weighted by molar-refractivity contribution is 6.31. The van der Waals surface area contributed by atoms with E-state index < -0.39 is 11.9 Å². The number of anilines is 1. The first-order valence-corrected chi connectivity index (χ1v) is 4.08. The molecule has 8 heteroatoms. The largest absolute Gasteiger partial charge is 0.399 e. The fourth-order valence-electron chi connectivity index (χ4n) is 0.938. The van der Waals surface area contributed by atoms with Gasteiger partial charge in [-0.3, -0.25) is 15.5 Å². The van der Waals surface area contributed by atoms with E-state index in [-0.39, 0.29) is 30.4 Å². The molecule has 1 amide bonds. The van der Waals surface area contributed by atoms with Crippen LogP contribution < -0.4 is 16.8 Å². The van der Waals surface area contributed by atoms with Gasteiger partial charge in [0.15, 0.2) is 5.96 Å². The van der Waals surface area contributed by atoms with Gasteiger partial charge in [0.05, 0.1) is 0 Å². The van der Waals surface area contributed by atoms with E-state index >= 15 is 0 Å². The molecule has 0 fully saturated rings. The summed E-state index contributed by atoms with van der Waals surface area (Å²) in [6.07, 6.45) is 0. The minimum absolute atomic E-state index is 0. The van der Waals surface area contributed by atoms with Gasteiger partial charge in [0, 0.05) is 16.3 Å². The summed E-state index contributed by atoms with van der Waals surface area (Å²) in [6.45, 7) is 0. The zero-order valence-corrected chi connectivity index (χ0v) is 10.4. The molecule has 0 unspecified atom stereocenters. The molecule has 1 aromatic rings. The Morgan fingerprint density at radius 3 is 2.31 bits per heavy atom. The van der Waals surface area contributed by atoms with Gasteiger partial charge in [-0.25, -0.2) is 0 Å². The van der Waals surface area contributed by atoms with Crippen molar-refractivity contribution in [2.75, 3.05) is 5.73 Å². The lowest BCUT2D eigenvalue weighted by Crippen LogP contribution is -2.35. The topological polar surface area (TPSA) is 105 Å². The molecule has 90 valence electrons. The first kappa shape index (κ1) is 17.2. The Morgan fingerprint density at radius 2 is 1.88 bits per heavy atom. The zero-order valence-electron chi connectivity index (χ0n) is 7.99. The van der Waals surface area contributed by atoms with Crippen molar-refractivity contribution in [1.29, 1.82) is 5.41 Å². The molecule has 0 bridgehead atoms. The summed E-state index contributed by atoms with van der Waals surface area (Å²) in [5.74, 6) is -0.930. The smallest absolute Gasteiger partial charge is 0.258 e. The lowest BCUT2D eigenvalue weighted by molar-refractivity contribution is 0.0976. The van der Waals surface area contributed by atoms with Crippen LogP contribution in [0.4, 0.5) is 5.69 Å². The van der Waals surface area contributed by atoms with Crippen molar-refractivity contribution in [2.45, 2.75) is 0 Å². The van der Waals surface area contributed by atoms with Crippen LogP contribution in [0.3, 0.4) is 0 Å². The molecule has 0 heterocycles. The minimum atomic E-state index is -0.508. The third-order valence-electron chi connectivity index (χ3n) is 1.43. The Kier molecular flexibility index (Phi) is 7.71. The van der Waals surface area contributed by atoms with Crippen LogP contribution in [-0.4, -0.2) is 11.9 Å². The molecule has 16 heavy (non-hydrogen) atoms. The van der Waals surface area contributed by atoms with E-state index in [1.165, 1.54) is 18.2 Å². The predicted octanol–water partition coefficient (Wildman–Crippen LogP) is 1.39. The van der Waals surface area contributed by atoms with Crippen molar-refractivity contribution in [3.05, 3.63) is 28.8 Å². The number of carbonyl (C=O) groups excluding carboxylic acids is 1. The molecule has 0 saturated heterocycles. The Hall–Kier alpha value is -1.17. The molecule has 0 atom stereocenters. The van der Waals surface area contributed by atoms with Crippen LogP contribution >= 0.6 is 36.4 Å². The minimum Gasteiger partial charge on any atom is -0.399 e. The second-order valence-electron chi connectivity index (χ2n) is 2.64. The summed E-state index contributed by atoms with van der Waals surface area (Å²) < 4.78 is 0. The van der Waals surface area contributed by atoms with Gasteiger partial charge in [-0.15, -0.1) is 24.8 Å². The molecule has 1 rings (SSSR count). The average Bonchev–Trinajstić information content (AvgIpc) is 2.00. The lowest BCUT2D eigenvalue weighted by Gasteiger charge is -2.03. The van der Waals surface area contributed by atoms with E-state index in [9.17, 15) is 4.79 Å². The molecule has 0 aliphatic carbocycles. The molecule has 0 aliphatic rings. The van der Waals surface area contributed by atoms with Crippen molar-refractivity contribution < 1.29 is 4.79 Å². The fraction of sp³-hybridized carbons (Fsp3) is 0.